The Hall–Kier alpha value is -7.87. The Morgan fingerprint density at radius 2 is 0.820 bits per heavy atom. The van der Waals surface area contributed by atoms with Crippen molar-refractivity contribution in [3.05, 3.63) is 78.4 Å². The van der Waals surface area contributed by atoms with Crippen LogP contribution in [0.25, 0.3) is 0 Å². The topological polar surface area (TPSA) is 326 Å². The van der Waals surface area contributed by atoms with Crippen LogP contribution in [-0.2, 0) is 4.84 Å². The van der Waals surface area contributed by atoms with Crippen LogP contribution in [0.5, 0.6) is 0 Å². The fourth-order valence-corrected chi connectivity index (χ4v) is 2.89. The number of hydrogen-bond acceptors (Lipinski definition) is 9. The summed E-state index contributed by atoms with van der Waals surface area (Å²) in [5, 5.41) is 78.5. The van der Waals surface area contributed by atoms with Gasteiger partial charge in [-0.2, -0.15) is 25.6 Å². The molecule has 27 nitrogen and oxygen atoms in total. The molecule has 50 heavy (non-hydrogen) atoms. The van der Waals surface area contributed by atoms with E-state index in [9.17, 15) is 4.79 Å². The molecule has 252 valence electrons. The maximum absolute atomic E-state index is 12.1. The van der Waals surface area contributed by atoms with Gasteiger partial charge < -0.3 is 4.90 Å². The van der Waals surface area contributed by atoms with Gasteiger partial charge in [0, 0.05) is 71.5 Å². The molecule has 0 bridgehead atoms. The van der Waals surface area contributed by atoms with Crippen molar-refractivity contribution in [2.45, 2.75) is 6.92 Å². The predicted octanol–water partition coefficient (Wildman–Crippen LogP) is 10.4. The Balaban J connectivity index is 1.35. The highest BCUT2D eigenvalue weighted by atomic mass is 16.7. The second kappa shape index (κ2) is 22.6. The van der Waals surface area contributed by atoms with E-state index in [1.807, 2.05) is 31.3 Å². The Labute approximate surface area is 279 Å². The molecular weight excluding hydrogens is 658 g/mol. The van der Waals surface area contributed by atoms with Gasteiger partial charge in [-0.25, -0.2) is 4.79 Å². The molecule has 0 aliphatic carbocycles. The van der Waals surface area contributed by atoms with E-state index >= 15 is 0 Å². The van der Waals surface area contributed by atoms with Crippen LogP contribution in [0.1, 0.15) is 17.3 Å². The van der Waals surface area contributed by atoms with Crippen LogP contribution in [0.4, 0.5) is 28.4 Å². The standard InChI is InChI=1S/C23H23N25O2/c1-4-48(3)22-15-13-21(14-16-22)28-27-20-11-9-19(10-12-20)26-25-18-7-5-17(6-8-18)23(49)50-47-46-45-44-43-42-41-40-39-38-37-36-35-34-33-32-31-30-29-24-2/h5-16H,4H2,1-3H3. The third-order valence-electron chi connectivity index (χ3n) is 5.21. The summed E-state index contributed by atoms with van der Waals surface area (Å²) in [6, 6.07) is 21.0. The number of benzene rings is 3. The molecule has 3 rings (SSSR count). The second-order valence-electron chi connectivity index (χ2n) is 8.26. The van der Waals surface area contributed by atoms with E-state index in [1.54, 1.807) is 36.4 Å². The van der Waals surface area contributed by atoms with Crippen molar-refractivity contribution in [3.8, 4) is 0 Å². The minimum Gasteiger partial charge on any atom is -0.375 e. The number of rotatable bonds is 17. The van der Waals surface area contributed by atoms with Gasteiger partial charge >= 0.3 is 5.97 Å². The van der Waals surface area contributed by atoms with Crippen LogP contribution in [0.3, 0.4) is 0 Å². The molecule has 0 N–H and O–H groups in total. The van der Waals surface area contributed by atoms with E-state index < -0.39 is 5.97 Å². The molecule has 0 saturated heterocycles. The van der Waals surface area contributed by atoms with Gasteiger partial charge in [-0.05, 0) is 122 Å². The van der Waals surface area contributed by atoms with Crippen LogP contribution in [0, 0.1) is 0 Å². The van der Waals surface area contributed by atoms with Gasteiger partial charge in [0.25, 0.3) is 0 Å². The van der Waals surface area contributed by atoms with E-state index in [2.05, 4.69) is 142 Å². The molecule has 0 aliphatic rings. The third kappa shape index (κ3) is 14.9. The number of hydrogen-bond donors (Lipinski definition) is 0. The summed E-state index contributed by atoms with van der Waals surface area (Å²) in [4.78, 5) is 18.8. The minimum absolute atomic E-state index is 0.169. The fourth-order valence-electron chi connectivity index (χ4n) is 2.89. The van der Waals surface area contributed by atoms with Gasteiger partial charge in [0.2, 0.25) is 0 Å². The molecule has 0 atom stereocenters. The summed E-state index contributed by atoms with van der Waals surface area (Å²) in [6.45, 7) is 3.00. The first-order valence-electron chi connectivity index (χ1n) is 13.5. The molecule has 0 unspecified atom stereocenters. The first-order valence-corrected chi connectivity index (χ1v) is 13.5. The number of nitrogens with zero attached hydrogens (tertiary/aromatic N) is 25. The largest absolute Gasteiger partial charge is 0.375 e. The monoisotopic (exact) mass is 681 g/mol. The number of anilines is 1. The Bertz CT molecular complexity index is 1840. The third-order valence-corrected chi connectivity index (χ3v) is 5.21. The maximum atomic E-state index is 12.1. The molecular formula is C23H23N25O2. The number of azo groups is 2. The molecule has 0 fully saturated rings. The average Bonchev–Trinajstić information content (AvgIpc) is 3.16. The second-order valence-corrected chi connectivity index (χ2v) is 8.26. The van der Waals surface area contributed by atoms with Crippen LogP contribution in [0.2, 0.25) is 0 Å². The van der Waals surface area contributed by atoms with E-state index in [-0.39, 0.29) is 5.56 Å². The van der Waals surface area contributed by atoms with Crippen molar-refractivity contribution in [1.29, 1.82) is 0 Å². The number of carbonyl (C=O) groups is 1. The highest BCUT2D eigenvalue weighted by Crippen LogP contribution is 2.25. The van der Waals surface area contributed by atoms with Crippen molar-refractivity contribution < 1.29 is 9.63 Å². The van der Waals surface area contributed by atoms with Gasteiger partial charge in [-0.1, -0.05) is 0 Å². The first kappa shape index (κ1) is 36.6. The lowest BCUT2D eigenvalue weighted by atomic mass is 10.2. The zero-order valence-corrected chi connectivity index (χ0v) is 26.1. The molecule has 0 radical (unpaired) electrons. The Kier molecular flexibility index (Phi) is 16.5. The molecule has 0 heterocycles. The molecule has 0 saturated carbocycles. The lowest BCUT2D eigenvalue weighted by Gasteiger charge is -2.16. The predicted molar refractivity (Wildman–Crippen MR) is 167 cm³/mol. The van der Waals surface area contributed by atoms with Gasteiger partial charge in [0.1, 0.15) is 0 Å². The summed E-state index contributed by atoms with van der Waals surface area (Å²) in [5.41, 5.74) is 3.78. The van der Waals surface area contributed by atoms with Crippen LogP contribution < -0.4 is 4.90 Å². The van der Waals surface area contributed by atoms with Crippen molar-refractivity contribution in [2.75, 3.05) is 25.5 Å². The highest BCUT2D eigenvalue weighted by Gasteiger charge is 2.07. The van der Waals surface area contributed by atoms with Crippen molar-refractivity contribution in [1.82, 2.24) is 0 Å². The van der Waals surface area contributed by atoms with Gasteiger partial charge in [0.15, 0.2) is 0 Å². The zero-order chi connectivity index (χ0) is 35.5. The molecule has 3 aromatic carbocycles. The van der Waals surface area contributed by atoms with E-state index in [0.29, 0.717) is 17.1 Å². The van der Waals surface area contributed by atoms with Crippen LogP contribution in [0.15, 0.2) is 198 Å². The normalized spacial score (nSPS) is 13.1. The summed E-state index contributed by atoms with van der Waals surface area (Å²) >= 11 is 0. The quantitative estimate of drug-likeness (QED) is 0.0990. The van der Waals surface area contributed by atoms with Crippen LogP contribution in [-0.4, -0.2) is 26.6 Å². The molecule has 0 spiro atoms. The minimum atomic E-state index is -0.813. The van der Waals surface area contributed by atoms with Gasteiger partial charge in [-0.15, -0.1) is 0 Å². The highest BCUT2D eigenvalue weighted by molar-refractivity contribution is 5.89. The van der Waals surface area contributed by atoms with Gasteiger partial charge in [-0.3, -0.25) is 4.84 Å². The van der Waals surface area contributed by atoms with Crippen molar-refractivity contribution >= 4 is 34.4 Å². The van der Waals surface area contributed by atoms with Crippen molar-refractivity contribution in [3.63, 3.8) is 0 Å². The number of carbonyl (C=O) groups excluding carboxylic acids is 1. The van der Waals surface area contributed by atoms with E-state index in [0.717, 1.165) is 17.9 Å². The fraction of sp³-hybridized carbons (Fsp3) is 0.174. The van der Waals surface area contributed by atoms with Gasteiger partial charge in [0.05, 0.1) is 40.6 Å². The van der Waals surface area contributed by atoms with Crippen molar-refractivity contribution in [2.24, 2.45) is 125 Å². The van der Waals surface area contributed by atoms with Crippen LogP contribution >= 0.6 is 0 Å². The Morgan fingerprint density at radius 3 is 1.18 bits per heavy atom. The summed E-state index contributed by atoms with van der Waals surface area (Å²) < 4.78 is 0. The maximum Gasteiger partial charge on any atom is 0.367 e. The molecule has 0 amide bonds. The summed E-state index contributed by atoms with van der Waals surface area (Å²) in [5.74, 6) is -0.813. The molecule has 0 aliphatic heterocycles. The summed E-state index contributed by atoms with van der Waals surface area (Å²) in [7, 11) is 3.41. The average molecular weight is 682 g/mol. The van der Waals surface area contributed by atoms with E-state index in [4.69, 9.17) is 0 Å². The molecule has 3 aromatic rings. The summed E-state index contributed by atoms with van der Waals surface area (Å²) in [6.07, 6.45) is 0. The SMILES string of the molecule is CCN(C)c1ccc(N=Nc2ccc(N=Nc3ccc(C(=O)ON=NN=NN=NN=NN=NN=NN=NN=NN=NN=NC)cc3)cc2)cc1. The smallest absolute Gasteiger partial charge is 0.367 e. The Morgan fingerprint density at radius 1 is 0.500 bits per heavy atom. The lowest BCUT2D eigenvalue weighted by Crippen LogP contribution is -2.15. The first-order chi connectivity index (χ1) is 24.6. The zero-order valence-electron chi connectivity index (χ0n) is 26.1. The lowest BCUT2D eigenvalue weighted by molar-refractivity contribution is 0.0475. The molecule has 0 aromatic heterocycles. The van der Waals surface area contributed by atoms with E-state index in [1.165, 1.54) is 19.2 Å². The molecule has 27 heteroatoms.